The normalized spacial score (nSPS) is 26.7. The predicted octanol–water partition coefficient (Wildman–Crippen LogP) is -0.257. The molecule has 1 saturated heterocycles. The summed E-state index contributed by atoms with van der Waals surface area (Å²) in [5.74, 6) is 0. The Kier molecular flexibility index (Phi) is 1.57. The smallest absolute Gasteiger partial charge is 0.411 e. The van der Waals surface area contributed by atoms with Gasteiger partial charge < -0.3 is 10.5 Å². The van der Waals surface area contributed by atoms with E-state index in [1.807, 2.05) is 6.92 Å². The standard InChI is InChI=1S/C5H10N2O2/c1-4-2-7(3-6)5(8)9-4/h4H,2-3,6H2,1H3/t4-/m1/s1. The SMILES string of the molecule is C[C@@H]1CN(CN)C(=O)O1. The van der Waals surface area contributed by atoms with Gasteiger partial charge in [0.1, 0.15) is 6.10 Å². The Morgan fingerprint density at radius 2 is 2.67 bits per heavy atom. The third-order valence-corrected chi connectivity index (χ3v) is 1.26. The van der Waals surface area contributed by atoms with E-state index in [-0.39, 0.29) is 18.9 Å². The van der Waals surface area contributed by atoms with Crippen LogP contribution in [-0.2, 0) is 4.74 Å². The van der Waals surface area contributed by atoms with Crippen LogP contribution in [0.25, 0.3) is 0 Å². The number of hydrogen-bond acceptors (Lipinski definition) is 3. The molecule has 1 atom stereocenters. The maximum absolute atomic E-state index is 10.6. The molecular weight excluding hydrogens is 120 g/mol. The topological polar surface area (TPSA) is 55.6 Å². The summed E-state index contributed by atoms with van der Waals surface area (Å²) < 4.78 is 4.77. The summed E-state index contributed by atoms with van der Waals surface area (Å²) in [6.07, 6.45) is -0.300. The molecule has 1 amide bonds. The number of carbonyl (C=O) groups is 1. The van der Waals surface area contributed by atoms with Gasteiger partial charge in [-0.15, -0.1) is 0 Å². The van der Waals surface area contributed by atoms with E-state index < -0.39 is 0 Å². The highest BCUT2D eigenvalue weighted by atomic mass is 16.6. The molecule has 1 fully saturated rings. The molecule has 4 heteroatoms. The van der Waals surface area contributed by atoms with Crippen LogP contribution in [-0.4, -0.2) is 30.3 Å². The van der Waals surface area contributed by atoms with Gasteiger partial charge in [-0.25, -0.2) is 4.79 Å². The first-order chi connectivity index (χ1) is 4.24. The maximum Gasteiger partial charge on any atom is 0.411 e. The largest absolute Gasteiger partial charge is 0.444 e. The van der Waals surface area contributed by atoms with Crippen LogP contribution < -0.4 is 5.73 Å². The Morgan fingerprint density at radius 1 is 2.00 bits per heavy atom. The van der Waals surface area contributed by atoms with Crippen LogP contribution in [0.1, 0.15) is 6.92 Å². The zero-order valence-corrected chi connectivity index (χ0v) is 5.33. The van der Waals surface area contributed by atoms with Crippen molar-refractivity contribution >= 4 is 6.09 Å². The van der Waals surface area contributed by atoms with Crippen LogP contribution >= 0.6 is 0 Å². The van der Waals surface area contributed by atoms with Crippen molar-refractivity contribution in [2.24, 2.45) is 5.73 Å². The van der Waals surface area contributed by atoms with Gasteiger partial charge in [-0.1, -0.05) is 0 Å². The molecular formula is C5H10N2O2. The van der Waals surface area contributed by atoms with Crippen molar-refractivity contribution in [1.82, 2.24) is 4.90 Å². The lowest BCUT2D eigenvalue weighted by molar-refractivity contribution is 0.138. The molecule has 1 aliphatic rings. The zero-order chi connectivity index (χ0) is 6.85. The van der Waals surface area contributed by atoms with Crippen molar-refractivity contribution in [2.75, 3.05) is 13.2 Å². The van der Waals surface area contributed by atoms with Crippen molar-refractivity contribution < 1.29 is 9.53 Å². The third-order valence-electron chi connectivity index (χ3n) is 1.26. The lowest BCUT2D eigenvalue weighted by Gasteiger charge is -2.06. The molecule has 0 aromatic heterocycles. The van der Waals surface area contributed by atoms with Gasteiger partial charge >= 0.3 is 6.09 Å². The summed E-state index contributed by atoms with van der Waals surface area (Å²) in [5, 5.41) is 0. The second kappa shape index (κ2) is 2.23. The summed E-state index contributed by atoms with van der Waals surface area (Å²) in [5.41, 5.74) is 5.21. The van der Waals surface area contributed by atoms with Gasteiger partial charge in [-0.3, -0.25) is 4.90 Å². The number of nitrogens with zero attached hydrogens (tertiary/aromatic N) is 1. The van der Waals surface area contributed by atoms with Gasteiger partial charge in [0.05, 0.1) is 13.2 Å². The summed E-state index contributed by atoms with van der Waals surface area (Å²) in [6, 6.07) is 0. The molecule has 0 unspecified atom stereocenters. The monoisotopic (exact) mass is 130 g/mol. The minimum atomic E-state index is -0.301. The molecule has 0 bridgehead atoms. The first-order valence-electron chi connectivity index (χ1n) is 2.89. The van der Waals surface area contributed by atoms with Crippen molar-refractivity contribution in [2.45, 2.75) is 13.0 Å². The summed E-state index contributed by atoms with van der Waals surface area (Å²) >= 11 is 0. The highest BCUT2D eigenvalue weighted by molar-refractivity contribution is 5.69. The quantitative estimate of drug-likeness (QED) is 0.532. The first kappa shape index (κ1) is 6.35. The Labute approximate surface area is 53.6 Å². The van der Waals surface area contributed by atoms with Gasteiger partial charge in [-0.2, -0.15) is 0 Å². The minimum Gasteiger partial charge on any atom is -0.444 e. The third kappa shape index (κ3) is 1.13. The van der Waals surface area contributed by atoms with Crippen LogP contribution in [0.15, 0.2) is 0 Å². The Morgan fingerprint density at radius 3 is 2.89 bits per heavy atom. The van der Waals surface area contributed by atoms with E-state index in [4.69, 9.17) is 10.5 Å². The number of cyclic esters (lactones) is 1. The van der Waals surface area contributed by atoms with E-state index in [9.17, 15) is 4.79 Å². The van der Waals surface area contributed by atoms with Crippen LogP contribution in [0.4, 0.5) is 4.79 Å². The van der Waals surface area contributed by atoms with Gasteiger partial charge in [-0.05, 0) is 6.92 Å². The summed E-state index contributed by atoms with van der Waals surface area (Å²) in [7, 11) is 0. The molecule has 0 spiro atoms. The molecule has 0 saturated carbocycles. The van der Waals surface area contributed by atoms with Gasteiger partial charge in [0.15, 0.2) is 0 Å². The number of nitrogens with two attached hydrogens (primary N) is 1. The number of hydrogen-bond donors (Lipinski definition) is 1. The maximum atomic E-state index is 10.6. The first-order valence-corrected chi connectivity index (χ1v) is 2.89. The second-order valence-electron chi connectivity index (χ2n) is 2.10. The molecule has 4 nitrogen and oxygen atoms in total. The van der Waals surface area contributed by atoms with Crippen molar-refractivity contribution in [1.29, 1.82) is 0 Å². The summed E-state index contributed by atoms with van der Waals surface area (Å²) in [4.78, 5) is 12.1. The molecule has 1 rings (SSSR count). The molecule has 1 heterocycles. The lowest BCUT2D eigenvalue weighted by Crippen LogP contribution is -2.30. The zero-order valence-electron chi connectivity index (χ0n) is 5.33. The fourth-order valence-corrected chi connectivity index (χ4v) is 0.818. The van der Waals surface area contributed by atoms with Crippen molar-refractivity contribution in [3.63, 3.8) is 0 Å². The lowest BCUT2D eigenvalue weighted by atomic mass is 10.4. The highest BCUT2D eigenvalue weighted by Gasteiger charge is 2.26. The number of rotatable bonds is 1. The molecule has 9 heavy (non-hydrogen) atoms. The van der Waals surface area contributed by atoms with E-state index >= 15 is 0 Å². The van der Waals surface area contributed by atoms with Crippen molar-refractivity contribution in [3.8, 4) is 0 Å². The average Bonchev–Trinajstić information content (AvgIpc) is 2.10. The van der Waals surface area contributed by atoms with Gasteiger partial charge in [0, 0.05) is 0 Å². The van der Waals surface area contributed by atoms with Crippen molar-refractivity contribution in [3.05, 3.63) is 0 Å². The molecule has 52 valence electrons. The Hall–Kier alpha value is -0.770. The second-order valence-corrected chi connectivity index (χ2v) is 2.10. The Balaban J connectivity index is 2.48. The Bertz CT molecular complexity index is 126. The van der Waals surface area contributed by atoms with E-state index in [2.05, 4.69) is 0 Å². The van der Waals surface area contributed by atoms with Gasteiger partial charge in [0.25, 0.3) is 0 Å². The fourth-order valence-electron chi connectivity index (χ4n) is 0.818. The van der Waals surface area contributed by atoms with E-state index in [0.29, 0.717) is 6.54 Å². The van der Waals surface area contributed by atoms with Crippen LogP contribution in [0.3, 0.4) is 0 Å². The number of carbonyl (C=O) groups excluding carboxylic acids is 1. The van der Waals surface area contributed by atoms with E-state index in [1.165, 1.54) is 4.90 Å². The molecule has 0 aromatic rings. The highest BCUT2D eigenvalue weighted by Crippen LogP contribution is 2.07. The van der Waals surface area contributed by atoms with Crippen LogP contribution in [0.5, 0.6) is 0 Å². The predicted molar refractivity (Wildman–Crippen MR) is 31.7 cm³/mol. The van der Waals surface area contributed by atoms with Gasteiger partial charge in [0.2, 0.25) is 0 Å². The van der Waals surface area contributed by atoms with Crippen LogP contribution in [0.2, 0.25) is 0 Å². The minimum absolute atomic E-state index is 0.000972. The molecule has 2 N–H and O–H groups in total. The molecule has 0 aromatic carbocycles. The van der Waals surface area contributed by atoms with E-state index in [0.717, 1.165) is 0 Å². The summed E-state index contributed by atoms with van der Waals surface area (Å²) in [6.45, 7) is 2.71. The fraction of sp³-hybridized carbons (Fsp3) is 0.800. The molecule has 0 aliphatic carbocycles. The average molecular weight is 130 g/mol. The van der Waals surface area contributed by atoms with Crippen LogP contribution in [0, 0.1) is 0 Å². The number of amides is 1. The number of ether oxygens (including phenoxy) is 1. The molecule has 1 aliphatic heterocycles. The van der Waals surface area contributed by atoms with E-state index in [1.54, 1.807) is 0 Å². The molecule has 0 radical (unpaired) electrons.